The van der Waals surface area contributed by atoms with Gasteiger partial charge in [0.25, 0.3) is 0 Å². The minimum absolute atomic E-state index is 0.180. The molecule has 1 heterocycles. The number of carbonyl (C=O) groups excluding carboxylic acids is 1. The van der Waals surface area contributed by atoms with Crippen molar-refractivity contribution in [3.05, 3.63) is 24.3 Å². The third kappa shape index (κ3) is 40.1. The molecule has 1 saturated heterocycles. The molecule has 0 aromatic carbocycles. The van der Waals surface area contributed by atoms with E-state index in [0.717, 1.165) is 38.5 Å². The zero-order valence-corrected chi connectivity index (χ0v) is 46.0. The number of rotatable bonds is 53. The number of aliphatic hydroxyl groups excluding tert-OH is 5. The van der Waals surface area contributed by atoms with Crippen LogP contribution in [0.4, 0.5) is 0 Å². The first-order chi connectivity index (χ1) is 34.3. The van der Waals surface area contributed by atoms with Gasteiger partial charge >= 0.3 is 0 Å². The maximum atomic E-state index is 13.1. The maximum Gasteiger partial charge on any atom is 0.220 e. The summed E-state index contributed by atoms with van der Waals surface area (Å²) in [5, 5.41) is 54.5. The molecule has 0 aromatic rings. The molecule has 1 fully saturated rings. The number of carbonyl (C=O) groups is 1. The molecule has 9 heteroatoms. The Morgan fingerprint density at radius 3 is 1.20 bits per heavy atom. The third-order valence-corrected chi connectivity index (χ3v) is 14.8. The predicted molar refractivity (Wildman–Crippen MR) is 295 cm³/mol. The molecule has 0 bridgehead atoms. The van der Waals surface area contributed by atoms with Crippen LogP contribution in [0.3, 0.4) is 0 Å². The van der Waals surface area contributed by atoms with Gasteiger partial charge in [-0.3, -0.25) is 4.79 Å². The fourth-order valence-corrected chi connectivity index (χ4v) is 9.94. The summed E-state index contributed by atoms with van der Waals surface area (Å²) < 4.78 is 11.3. The predicted octanol–water partition coefficient (Wildman–Crippen LogP) is 15.4. The number of allylic oxidation sites excluding steroid dienone is 3. The molecule has 0 radical (unpaired) electrons. The van der Waals surface area contributed by atoms with Crippen molar-refractivity contribution in [2.45, 2.75) is 346 Å². The summed E-state index contributed by atoms with van der Waals surface area (Å²) >= 11 is 0. The number of amides is 1. The number of ether oxygens (including phenoxy) is 2. The third-order valence-electron chi connectivity index (χ3n) is 14.8. The fourth-order valence-electron chi connectivity index (χ4n) is 9.94. The molecule has 0 saturated carbocycles. The molecule has 1 amide bonds. The van der Waals surface area contributed by atoms with Crippen molar-refractivity contribution in [2.75, 3.05) is 13.2 Å². The van der Waals surface area contributed by atoms with Gasteiger partial charge in [-0.2, -0.15) is 0 Å². The molecule has 1 aliphatic heterocycles. The maximum absolute atomic E-state index is 13.1. The van der Waals surface area contributed by atoms with Crippen LogP contribution in [0, 0.1) is 0 Å². The van der Waals surface area contributed by atoms with E-state index >= 15 is 0 Å². The van der Waals surface area contributed by atoms with Crippen molar-refractivity contribution in [3.8, 4) is 0 Å². The van der Waals surface area contributed by atoms with Gasteiger partial charge in [0.05, 0.1) is 25.4 Å². The van der Waals surface area contributed by atoms with Gasteiger partial charge in [-0.05, 0) is 32.1 Å². The molecule has 7 atom stereocenters. The van der Waals surface area contributed by atoms with Crippen LogP contribution in [-0.2, 0) is 14.3 Å². The van der Waals surface area contributed by atoms with Crippen LogP contribution in [0.2, 0.25) is 0 Å². The smallest absolute Gasteiger partial charge is 0.220 e. The summed E-state index contributed by atoms with van der Waals surface area (Å²) in [6, 6.07) is -0.818. The highest BCUT2D eigenvalue weighted by atomic mass is 16.7. The summed E-state index contributed by atoms with van der Waals surface area (Å²) in [6.07, 6.45) is 58.4. The lowest BCUT2D eigenvalue weighted by Crippen LogP contribution is -2.60. The van der Waals surface area contributed by atoms with Crippen molar-refractivity contribution < 1.29 is 39.8 Å². The van der Waals surface area contributed by atoms with Crippen LogP contribution < -0.4 is 5.32 Å². The van der Waals surface area contributed by atoms with Crippen molar-refractivity contribution in [2.24, 2.45) is 0 Å². The Morgan fingerprint density at radius 2 is 0.814 bits per heavy atom. The highest BCUT2D eigenvalue weighted by molar-refractivity contribution is 5.76. The molecular weight excluding hydrogens is 875 g/mol. The first-order valence-corrected chi connectivity index (χ1v) is 30.6. The standard InChI is InChI=1S/C61H117NO8/c1-3-5-7-9-11-13-15-17-19-21-22-23-24-25-26-27-28-29-30-31-32-33-35-37-39-41-43-45-47-49-51-57(65)62-54(53-69-61-60(68)59(67)58(66)56(52-63)70-61)55(64)50-48-46-44-42-40-38-36-34-20-18-16-14-12-10-8-6-4-2/h40,42,48,50,54-56,58-61,63-64,66-68H,3-39,41,43-47,49,51-53H2,1-2H3,(H,62,65)/b42-40+,50-48+. The lowest BCUT2D eigenvalue weighted by molar-refractivity contribution is -0.302. The number of hydrogen-bond donors (Lipinski definition) is 6. The van der Waals surface area contributed by atoms with Gasteiger partial charge in [-0.1, -0.05) is 289 Å². The minimum atomic E-state index is -1.57. The van der Waals surface area contributed by atoms with E-state index in [2.05, 4.69) is 31.3 Å². The van der Waals surface area contributed by atoms with E-state index in [1.807, 2.05) is 6.08 Å². The quantitative estimate of drug-likeness (QED) is 0.0261. The van der Waals surface area contributed by atoms with Gasteiger partial charge in [0.1, 0.15) is 24.4 Å². The highest BCUT2D eigenvalue weighted by Crippen LogP contribution is 2.23. The SMILES string of the molecule is CCCCCCCCCCCCC/C=C/CC/C=C/C(O)C(COC1OC(CO)C(O)C(O)C1O)NC(=O)CCCCCCCCCCCCCCCCCCCCCCCCCCCCCCCC. The molecule has 7 unspecified atom stereocenters. The van der Waals surface area contributed by atoms with Crippen LogP contribution in [0.5, 0.6) is 0 Å². The van der Waals surface area contributed by atoms with Crippen LogP contribution >= 0.6 is 0 Å². The van der Waals surface area contributed by atoms with Crippen molar-refractivity contribution in [1.82, 2.24) is 5.32 Å². The molecule has 414 valence electrons. The molecule has 0 aliphatic carbocycles. The Morgan fingerprint density at radius 1 is 0.471 bits per heavy atom. The van der Waals surface area contributed by atoms with E-state index < -0.39 is 49.5 Å². The molecule has 1 aliphatic rings. The van der Waals surface area contributed by atoms with E-state index in [1.165, 1.54) is 244 Å². The number of hydrogen-bond acceptors (Lipinski definition) is 8. The number of nitrogens with one attached hydrogen (secondary N) is 1. The van der Waals surface area contributed by atoms with Crippen LogP contribution in [0.1, 0.15) is 303 Å². The van der Waals surface area contributed by atoms with Gasteiger partial charge in [0, 0.05) is 6.42 Å². The summed E-state index contributed by atoms with van der Waals surface area (Å²) in [5.41, 5.74) is 0. The van der Waals surface area contributed by atoms with Crippen LogP contribution in [0.25, 0.3) is 0 Å². The average molecular weight is 993 g/mol. The molecule has 70 heavy (non-hydrogen) atoms. The van der Waals surface area contributed by atoms with Gasteiger partial charge in [-0.25, -0.2) is 0 Å². The summed E-state index contributed by atoms with van der Waals surface area (Å²) in [4.78, 5) is 13.1. The van der Waals surface area contributed by atoms with Crippen LogP contribution in [-0.4, -0.2) is 87.5 Å². The molecular formula is C61H117NO8. The van der Waals surface area contributed by atoms with E-state index in [-0.39, 0.29) is 12.5 Å². The largest absolute Gasteiger partial charge is 0.394 e. The first kappa shape index (κ1) is 66.7. The highest BCUT2D eigenvalue weighted by Gasteiger charge is 2.44. The number of unbranched alkanes of at least 4 members (excludes halogenated alkanes) is 41. The molecule has 6 N–H and O–H groups in total. The number of aliphatic hydroxyl groups is 5. The summed E-state index contributed by atoms with van der Waals surface area (Å²) in [5.74, 6) is -0.180. The molecule has 0 spiro atoms. The Hall–Kier alpha value is -1.33. The summed E-state index contributed by atoms with van der Waals surface area (Å²) in [7, 11) is 0. The lowest BCUT2D eigenvalue weighted by atomic mass is 9.99. The summed E-state index contributed by atoms with van der Waals surface area (Å²) in [6.45, 7) is 3.80. The minimum Gasteiger partial charge on any atom is -0.394 e. The van der Waals surface area contributed by atoms with Crippen LogP contribution in [0.15, 0.2) is 24.3 Å². The Bertz CT molecular complexity index is 1150. The first-order valence-electron chi connectivity index (χ1n) is 30.6. The van der Waals surface area contributed by atoms with Gasteiger partial charge in [0.15, 0.2) is 6.29 Å². The topological polar surface area (TPSA) is 149 Å². The second-order valence-electron chi connectivity index (χ2n) is 21.5. The second-order valence-corrected chi connectivity index (χ2v) is 21.5. The van der Waals surface area contributed by atoms with E-state index in [1.54, 1.807) is 6.08 Å². The molecule has 1 rings (SSSR count). The van der Waals surface area contributed by atoms with Gasteiger partial charge < -0.3 is 40.3 Å². The zero-order chi connectivity index (χ0) is 50.8. The Kier molecular flexibility index (Phi) is 48.7. The second kappa shape index (κ2) is 51.2. The zero-order valence-electron chi connectivity index (χ0n) is 46.0. The normalized spacial score (nSPS) is 19.4. The molecule has 9 nitrogen and oxygen atoms in total. The molecule has 0 aromatic heterocycles. The van der Waals surface area contributed by atoms with E-state index in [0.29, 0.717) is 6.42 Å². The van der Waals surface area contributed by atoms with Crippen molar-refractivity contribution in [1.29, 1.82) is 0 Å². The van der Waals surface area contributed by atoms with Crippen molar-refractivity contribution in [3.63, 3.8) is 0 Å². The Labute approximate surface area is 432 Å². The average Bonchev–Trinajstić information content (AvgIpc) is 3.36. The van der Waals surface area contributed by atoms with Gasteiger partial charge in [-0.15, -0.1) is 0 Å². The van der Waals surface area contributed by atoms with E-state index in [9.17, 15) is 30.3 Å². The monoisotopic (exact) mass is 992 g/mol. The fraction of sp³-hybridized carbons (Fsp3) is 0.918. The van der Waals surface area contributed by atoms with Crippen molar-refractivity contribution >= 4 is 5.91 Å². The van der Waals surface area contributed by atoms with E-state index in [4.69, 9.17) is 9.47 Å². The Balaban J connectivity index is 2.15. The van der Waals surface area contributed by atoms with Gasteiger partial charge in [0.2, 0.25) is 5.91 Å². The lowest BCUT2D eigenvalue weighted by Gasteiger charge is -2.40.